The molecule has 5 heterocycles. The lowest BCUT2D eigenvalue weighted by Crippen LogP contribution is -2.42. The lowest BCUT2D eigenvalue weighted by Gasteiger charge is -2.38. The van der Waals surface area contributed by atoms with E-state index in [9.17, 15) is 83.4 Å². The average Bonchev–Trinajstić information content (AvgIpc) is 1.51. The number of allylic oxidation sites excluding steroid dienone is 2. The van der Waals surface area contributed by atoms with Gasteiger partial charge in [0.2, 0.25) is 27.7 Å². The normalized spacial score (nSPS) is 19.8. The topological polar surface area (TPSA) is 411 Å². The smallest absolute Gasteiger partial charge is 0.452 e. The molecule has 0 saturated heterocycles. The number of esters is 2. The highest BCUT2D eigenvalue weighted by Gasteiger charge is 2.38. The van der Waals surface area contributed by atoms with Crippen LogP contribution in [0, 0.1) is 54.0 Å². The molecule has 634 valence electrons. The number of pyridine rings is 4. The maximum atomic E-state index is 13.0. The number of aromatic nitrogens is 6. The second-order valence-corrected chi connectivity index (χ2v) is 33.1. The fraction of sp³-hybridized carbons (Fsp3) is 0.623. The molecule has 37 heteroatoms. The Balaban J connectivity index is 0.000000308. The number of nitro groups is 3. The molecule has 0 aliphatic heterocycles. The van der Waals surface area contributed by atoms with E-state index in [1.54, 1.807) is 51.5 Å². The van der Waals surface area contributed by atoms with Gasteiger partial charge in [0.05, 0.1) is 65.5 Å². The Kier molecular flexibility index (Phi) is 42.7. The van der Waals surface area contributed by atoms with Gasteiger partial charge in [0.1, 0.15) is 0 Å². The number of aliphatic hydroxyl groups is 4. The van der Waals surface area contributed by atoms with Crippen LogP contribution in [0.1, 0.15) is 208 Å². The Bertz CT molecular complexity index is 3910. The molecule has 7 N–H and O–H groups in total. The fourth-order valence-electron chi connectivity index (χ4n) is 13.0. The molecule has 5 aromatic rings. The second-order valence-electron chi connectivity index (χ2n) is 30.2. The number of nitrogens with one attached hydrogen (secondary N) is 2. The van der Waals surface area contributed by atoms with Crippen molar-refractivity contribution in [1.29, 1.82) is 0 Å². The van der Waals surface area contributed by atoms with E-state index in [-0.39, 0.29) is 99.0 Å². The highest BCUT2D eigenvalue weighted by molar-refractivity contribution is 9.10. The first-order valence-corrected chi connectivity index (χ1v) is 40.9. The lowest BCUT2D eigenvalue weighted by molar-refractivity contribution is -0.385. The number of carbonyl (C=O) groups excluding carboxylic acids is 2. The van der Waals surface area contributed by atoms with Gasteiger partial charge in [-0.25, -0.2) is 29.5 Å². The molecule has 4 aliphatic rings. The van der Waals surface area contributed by atoms with Crippen molar-refractivity contribution in [2.24, 2.45) is 23.7 Å². The van der Waals surface area contributed by atoms with Crippen LogP contribution in [0.5, 0.6) is 0 Å². The maximum Gasteiger partial charge on any atom is 0.452 e. The van der Waals surface area contributed by atoms with Crippen LogP contribution in [0.2, 0.25) is 5.15 Å². The van der Waals surface area contributed by atoms with Crippen LogP contribution in [0.4, 0.5) is 58.5 Å². The van der Waals surface area contributed by atoms with Gasteiger partial charge in [0.25, 0.3) is 0 Å². The van der Waals surface area contributed by atoms with Crippen molar-refractivity contribution in [2.45, 2.75) is 246 Å². The van der Waals surface area contributed by atoms with Crippen LogP contribution in [0.3, 0.4) is 0 Å². The van der Waals surface area contributed by atoms with Crippen LogP contribution < -0.4 is 25.3 Å². The molecule has 0 spiro atoms. The third kappa shape index (κ3) is 34.6. The number of hydrogen-bond acceptors (Lipinski definition) is 27. The molecule has 0 bridgehead atoms. The number of carbonyl (C=O) groups is 3. The van der Waals surface area contributed by atoms with Crippen molar-refractivity contribution >= 4 is 124 Å². The van der Waals surface area contributed by atoms with Crippen LogP contribution in [-0.2, 0) is 30.0 Å². The zero-order chi connectivity index (χ0) is 85.3. The molecule has 0 radical (unpaired) electrons. The average molecular weight is 1770 g/mol. The van der Waals surface area contributed by atoms with Crippen LogP contribution in [0.25, 0.3) is 5.57 Å². The summed E-state index contributed by atoms with van der Waals surface area (Å²) in [6, 6.07) is 7.07. The number of nitrogens with zero attached hydrogens (tertiary/aromatic N) is 12. The van der Waals surface area contributed by atoms with Crippen molar-refractivity contribution in [3.8, 4) is 0 Å². The van der Waals surface area contributed by atoms with Crippen molar-refractivity contribution in [3.05, 3.63) is 129 Å². The first kappa shape index (κ1) is 98.7. The van der Waals surface area contributed by atoms with E-state index < -0.39 is 33.8 Å². The van der Waals surface area contributed by atoms with Crippen molar-refractivity contribution in [3.63, 3.8) is 0 Å². The number of ether oxygens (including phenoxy) is 2. The number of aliphatic hydroxyl groups excluding tert-OH is 4. The van der Waals surface area contributed by atoms with Gasteiger partial charge in [0, 0.05) is 125 Å². The Morgan fingerprint density at radius 3 is 1.41 bits per heavy atom. The van der Waals surface area contributed by atoms with Gasteiger partial charge in [0.15, 0.2) is 5.82 Å². The SMILES string of the molecule is C/C=C/C(=O)OC.CC(C)CN(c1ncc(Br)cc1[N+](=O)[O-])C1CCC(O)CC1.CC(C)CN(c1ncc([C@H](C)CC(=O)O)cc1Nc1nc(C(F)(F)F)ns1)C1CCC(O)CC1.CC(C)CNC1CCC(O)CC1.COC(=O)/C=C(\C)c1cnc(N(CC(C)C)C2CCC(O)CC2)c([N+](=O)[O-])c1.O=[N+]([O-])c1cc(Br)cnc1Cl. The van der Waals surface area contributed by atoms with E-state index in [1.165, 1.54) is 50.8 Å². The predicted octanol–water partition coefficient (Wildman–Crippen LogP) is 16.6. The molecule has 0 amide bonds. The summed E-state index contributed by atoms with van der Waals surface area (Å²) in [7, 11) is 2.63. The van der Waals surface area contributed by atoms with Gasteiger partial charge in [-0.15, -0.1) is 0 Å². The summed E-state index contributed by atoms with van der Waals surface area (Å²) in [6.45, 7) is 25.3. The van der Waals surface area contributed by atoms with Crippen molar-refractivity contribution in [1.82, 2.24) is 34.6 Å². The van der Waals surface area contributed by atoms with Gasteiger partial charge < -0.3 is 60.3 Å². The number of anilines is 5. The molecule has 5 aromatic heterocycles. The van der Waals surface area contributed by atoms with Gasteiger partial charge in [-0.2, -0.15) is 22.5 Å². The standard InChI is InChI=1S/C22H30F3N5O3S.C20H29N3O5.C15H22BrN3O3.C10H21NO.C5H2BrClN2O2.C5H8O2/c1-12(2)11-30(15-4-6-16(31)7-5-15)19-17(9-14(10-26-19)13(3)8-18(32)33)27-21-28-20(29-34-21)22(23,24)25;1-13(2)12-22(16-5-7-17(24)8-6-16)20-18(23(26)27)10-15(11-21-20)14(3)9-19(25)28-4;1-10(2)9-18(12-3-5-13(20)6-4-12)15-14(19(21)22)7-11(16)8-17-15;1-8(2)7-11-9-3-5-10(12)6-4-9;6-3-1-4(9(10)11)5(7)8-2-3;1-3-4-5(6)7-2/h9-10,12-13,15-16,31H,4-8,11H2,1-3H3,(H,32,33)(H,27,28,29);9-11,13,16-17,24H,5-8,12H2,1-4H3;7-8,10,12-13,20H,3-6,9H2,1-2H3;8-12H,3-7H2,1-2H3;1-2H;3-4H,1-2H3/b;14-9+;;;;4-3+/t13-,15?,16?;;;;;/m1...../s1. The summed E-state index contributed by atoms with van der Waals surface area (Å²) in [6.07, 6.45) is 18.0. The zero-order valence-electron chi connectivity index (χ0n) is 67.0. The Morgan fingerprint density at radius 2 is 1.03 bits per heavy atom. The van der Waals surface area contributed by atoms with Crippen molar-refractivity contribution in [2.75, 3.05) is 60.4 Å². The summed E-state index contributed by atoms with van der Waals surface area (Å²) in [5, 5.41) is 87.7. The summed E-state index contributed by atoms with van der Waals surface area (Å²) in [4.78, 5) is 91.5. The highest BCUT2D eigenvalue weighted by atomic mass is 79.9. The molecule has 4 saturated carbocycles. The van der Waals surface area contributed by atoms with Crippen LogP contribution >= 0.6 is 55.0 Å². The number of carboxylic acids is 1. The van der Waals surface area contributed by atoms with E-state index in [2.05, 4.69) is 146 Å². The molecule has 114 heavy (non-hydrogen) atoms. The third-order valence-corrected chi connectivity index (χ3v) is 20.5. The summed E-state index contributed by atoms with van der Waals surface area (Å²) in [5.74, 6) is -0.314. The minimum absolute atomic E-state index is 0.0258. The lowest BCUT2D eigenvalue weighted by atomic mass is 9.91. The predicted molar refractivity (Wildman–Crippen MR) is 441 cm³/mol. The van der Waals surface area contributed by atoms with E-state index in [4.69, 9.17) is 11.6 Å². The van der Waals surface area contributed by atoms with Crippen molar-refractivity contribution < 1.29 is 77.3 Å². The Morgan fingerprint density at radius 1 is 0.614 bits per heavy atom. The molecule has 0 aromatic carbocycles. The third-order valence-electron chi connectivity index (χ3n) is 18.7. The van der Waals surface area contributed by atoms with E-state index >= 15 is 0 Å². The summed E-state index contributed by atoms with van der Waals surface area (Å²) in [5.41, 5.74) is 1.91. The molecular weight excluding hydrogens is 1660 g/mol. The number of halogens is 6. The molecule has 1 atom stereocenters. The number of hydrogen-bond donors (Lipinski definition) is 7. The minimum atomic E-state index is -4.65. The quantitative estimate of drug-likeness (QED) is 0.00889. The summed E-state index contributed by atoms with van der Waals surface area (Å²) >= 11 is 12.3. The van der Waals surface area contributed by atoms with E-state index in [1.807, 2.05) is 4.90 Å². The first-order chi connectivity index (χ1) is 53.6. The molecule has 4 aliphatic carbocycles. The van der Waals surface area contributed by atoms with Crippen LogP contribution in [0.15, 0.2) is 76.2 Å². The zero-order valence-corrected chi connectivity index (χ0v) is 71.7. The largest absolute Gasteiger partial charge is 0.481 e. The van der Waals surface area contributed by atoms with E-state index in [0.717, 1.165) is 96.1 Å². The van der Waals surface area contributed by atoms with Gasteiger partial charge in [-0.1, -0.05) is 80.0 Å². The molecule has 4 fully saturated rings. The highest BCUT2D eigenvalue weighted by Crippen LogP contribution is 2.40. The van der Waals surface area contributed by atoms with Gasteiger partial charge in [-0.05, 0) is 202 Å². The number of alkyl halides is 3. The Labute approximate surface area is 690 Å². The number of aliphatic carboxylic acids is 1. The monoisotopic (exact) mass is 1770 g/mol. The molecular formula is C77H112Br2ClF3N14O16S. The molecule has 0 unspecified atom stereocenters. The number of rotatable bonds is 26. The van der Waals surface area contributed by atoms with E-state index in [0.29, 0.717) is 117 Å². The second kappa shape index (κ2) is 49.4. The number of carboxylic acid groups (broad SMARTS) is 1. The minimum Gasteiger partial charge on any atom is -0.481 e. The van der Waals surface area contributed by atoms with Gasteiger partial charge >= 0.3 is 41.1 Å². The number of methoxy groups -OCH3 is 2. The Hall–Kier alpha value is -7.71. The maximum absolute atomic E-state index is 13.0. The molecule has 9 rings (SSSR count). The van der Waals surface area contributed by atoms with Crippen LogP contribution in [-0.4, -0.2) is 176 Å². The molecule has 30 nitrogen and oxygen atoms in total. The first-order valence-electron chi connectivity index (χ1n) is 38.2. The van der Waals surface area contributed by atoms with Gasteiger partial charge in [-0.3, -0.25) is 35.1 Å². The fourth-order valence-corrected chi connectivity index (χ4v) is 14.4. The summed E-state index contributed by atoms with van der Waals surface area (Å²) < 4.78 is 52.5.